The zero-order valence-corrected chi connectivity index (χ0v) is 12.5. The van der Waals surface area contributed by atoms with Crippen molar-refractivity contribution < 1.29 is 9.72 Å². The lowest BCUT2D eigenvalue weighted by atomic mass is 10.0. The van der Waals surface area contributed by atoms with Crippen molar-refractivity contribution in [3.63, 3.8) is 0 Å². The predicted octanol–water partition coefficient (Wildman–Crippen LogP) is 1.84. The van der Waals surface area contributed by atoms with E-state index >= 15 is 0 Å². The van der Waals surface area contributed by atoms with Gasteiger partial charge in [-0.15, -0.1) is 0 Å². The van der Waals surface area contributed by atoms with Crippen LogP contribution in [0.15, 0.2) is 12.1 Å². The first-order valence-corrected chi connectivity index (χ1v) is 6.90. The van der Waals surface area contributed by atoms with Gasteiger partial charge < -0.3 is 15.5 Å². The van der Waals surface area contributed by atoms with Gasteiger partial charge in [0.05, 0.1) is 10.6 Å². The molecule has 0 aliphatic carbocycles. The average molecular weight is 292 g/mol. The van der Waals surface area contributed by atoms with Crippen molar-refractivity contribution in [3.8, 4) is 0 Å². The Hall–Kier alpha value is -2.15. The van der Waals surface area contributed by atoms with Gasteiger partial charge in [0.1, 0.15) is 5.69 Å². The fourth-order valence-corrected chi connectivity index (χ4v) is 2.15. The van der Waals surface area contributed by atoms with Gasteiger partial charge >= 0.3 is 0 Å². The Kier molecular flexibility index (Phi) is 4.42. The topological polar surface area (TPSA) is 87.5 Å². The van der Waals surface area contributed by atoms with Gasteiger partial charge in [0.15, 0.2) is 0 Å². The highest BCUT2D eigenvalue weighted by atomic mass is 16.6. The summed E-state index contributed by atoms with van der Waals surface area (Å²) in [4.78, 5) is 24.2. The highest BCUT2D eigenvalue weighted by molar-refractivity contribution is 5.95. The lowest BCUT2D eigenvalue weighted by Gasteiger charge is -2.22. The number of fused-ring (bicyclic) bond motifs is 1. The molecule has 0 saturated carbocycles. The molecule has 1 aromatic rings. The molecule has 0 aromatic heterocycles. The summed E-state index contributed by atoms with van der Waals surface area (Å²) in [6.07, 6.45) is 1.02. The number of aryl methyl sites for hydroxylation is 1. The number of hydrogen-bond acceptors (Lipinski definition) is 5. The average Bonchev–Trinajstić information content (AvgIpc) is 2.43. The Balaban J connectivity index is 2.27. The molecule has 0 radical (unpaired) electrons. The third-order valence-corrected chi connectivity index (χ3v) is 3.78. The molecule has 1 amide bonds. The van der Waals surface area contributed by atoms with Crippen molar-refractivity contribution in [3.05, 3.63) is 27.8 Å². The minimum atomic E-state index is -0.427. The number of amides is 1. The van der Waals surface area contributed by atoms with Crippen molar-refractivity contribution in [1.29, 1.82) is 0 Å². The maximum absolute atomic E-state index is 11.4. The van der Waals surface area contributed by atoms with Gasteiger partial charge in [-0.05, 0) is 39.1 Å². The van der Waals surface area contributed by atoms with Gasteiger partial charge in [-0.1, -0.05) is 0 Å². The van der Waals surface area contributed by atoms with Crippen molar-refractivity contribution in [2.75, 3.05) is 31.3 Å². The SMILES string of the molecule is CC(CNc1cc2c(cc1[N+](=O)[O-])NC(=O)CC2)N(C)C. The van der Waals surface area contributed by atoms with Gasteiger partial charge in [-0.3, -0.25) is 14.9 Å². The van der Waals surface area contributed by atoms with E-state index in [-0.39, 0.29) is 17.6 Å². The van der Waals surface area contributed by atoms with E-state index in [0.29, 0.717) is 30.8 Å². The third kappa shape index (κ3) is 3.49. The molecule has 2 rings (SSSR count). The Bertz CT molecular complexity index is 572. The number of nitro benzene ring substituents is 1. The number of likely N-dealkylation sites (N-methyl/N-ethyl adjacent to an activating group) is 1. The van der Waals surface area contributed by atoms with Crippen LogP contribution >= 0.6 is 0 Å². The van der Waals surface area contributed by atoms with E-state index in [0.717, 1.165) is 5.56 Å². The van der Waals surface area contributed by atoms with Crippen LogP contribution in [0.2, 0.25) is 0 Å². The first-order valence-electron chi connectivity index (χ1n) is 6.90. The lowest BCUT2D eigenvalue weighted by Crippen LogP contribution is -2.31. The van der Waals surface area contributed by atoms with Crippen LogP contribution in [0.25, 0.3) is 0 Å². The molecule has 1 heterocycles. The quantitative estimate of drug-likeness (QED) is 0.638. The molecule has 21 heavy (non-hydrogen) atoms. The minimum Gasteiger partial charge on any atom is -0.378 e. The Morgan fingerprint density at radius 2 is 2.14 bits per heavy atom. The summed E-state index contributed by atoms with van der Waals surface area (Å²) >= 11 is 0. The number of nitro groups is 1. The molecule has 1 aromatic carbocycles. The Morgan fingerprint density at radius 3 is 2.76 bits per heavy atom. The molecule has 1 atom stereocenters. The second-order valence-corrected chi connectivity index (χ2v) is 5.53. The number of benzene rings is 1. The fraction of sp³-hybridized carbons (Fsp3) is 0.500. The van der Waals surface area contributed by atoms with Gasteiger partial charge in [-0.25, -0.2) is 0 Å². The molecule has 0 fully saturated rings. The first-order chi connectivity index (χ1) is 9.88. The van der Waals surface area contributed by atoms with Crippen molar-refractivity contribution >= 4 is 23.0 Å². The molecule has 7 nitrogen and oxygen atoms in total. The van der Waals surface area contributed by atoms with E-state index in [9.17, 15) is 14.9 Å². The zero-order chi connectivity index (χ0) is 15.6. The van der Waals surface area contributed by atoms with Crippen molar-refractivity contribution in [2.24, 2.45) is 0 Å². The number of anilines is 2. The molecule has 0 spiro atoms. The maximum Gasteiger partial charge on any atom is 0.294 e. The molecule has 2 N–H and O–H groups in total. The van der Waals surface area contributed by atoms with Crippen LogP contribution in [0.3, 0.4) is 0 Å². The van der Waals surface area contributed by atoms with Crippen LogP contribution in [0.4, 0.5) is 17.1 Å². The number of nitrogens with one attached hydrogen (secondary N) is 2. The van der Waals surface area contributed by atoms with E-state index in [2.05, 4.69) is 10.6 Å². The van der Waals surface area contributed by atoms with E-state index in [1.54, 1.807) is 6.07 Å². The maximum atomic E-state index is 11.4. The molecule has 0 bridgehead atoms. The molecule has 1 aliphatic heterocycles. The number of hydrogen-bond donors (Lipinski definition) is 2. The summed E-state index contributed by atoms with van der Waals surface area (Å²) in [5.41, 5.74) is 1.97. The molecular formula is C14H20N4O3. The standard InChI is InChI=1S/C14H20N4O3/c1-9(17(2)3)8-15-12-6-10-4-5-14(19)16-11(10)7-13(12)18(20)21/h6-7,9,15H,4-5,8H2,1-3H3,(H,16,19). The summed E-state index contributed by atoms with van der Waals surface area (Å²) in [7, 11) is 3.92. The third-order valence-electron chi connectivity index (χ3n) is 3.78. The van der Waals surface area contributed by atoms with Crippen LogP contribution in [-0.2, 0) is 11.2 Å². The summed E-state index contributed by atoms with van der Waals surface area (Å²) in [5.74, 6) is -0.0984. The van der Waals surface area contributed by atoms with Crippen molar-refractivity contribution in [1.82, 2.24) is 4.90 Å². The van der Waals surface area contributed by atoms with Crippen LogP contribution in [0.5, 0.6) is 0 Å². The largest absolute Gasteiger partial charge is 0.378 e. The molecule has 0 saturated heterocycles. The summed E-state index contributed by atoms with van der Waals surface area (Å²) in [5, 5.41) is 17.0. The number of nitrogens with zero attached hydrogens (tertiary/aromatic N) is 2. The van der Waals surface area contributed by atoms with Gasteiger partial charge in [0.25, 0.3) is 5.69 Å². The minimum absolute atomic E-state index is 0.0121. The molecule has 1 unspecified atom stereocenters. The van der Waals surface area contributed by atoms with Crippen molar-refractivity contribution in [2.45, 2.75) is 25.8 Å². The number of rotatable bonds is 5. The fourth-order valence-electron chi connectivity index (χ4n) is 2.15. The lowest BCUT2D eigenvalue weighted by molar-refractivity contribution is -0.383. The predicted molar refractivity (Wildman–Crippen MR) is 81.7 cm³/mol. The van der Waals surface area contributed by atoms with Crippen LogP contribution < -0.4 is 10.6 Å². The summed E-state index contributed by atoms with van der Waals surface area (Å²) in [6, 6.07) is 3.46. The molecule has 1 aliphatic rings. The van der Waals surface area contributed by atoms with E-state index in [1.807, 2.05) is 25.9 Å². The monoisotopic (exact) mass is 292 g/mol. The van der Waals surface area contributed by atoms with Gasteiger partial charge in [0, 0.05) is 25.1 Å². The Morgan fingerprint density at radius 1 is 1.43 bits per heavy atom. The van der Waals surface area contributed by atoms with Gasteiger partial charge in [-0.2, -0.15) is 0 Å². The summed E-state index contributed by atoms with van der Waals surface area (Å²) < 4.78 is 0. The molecule has 114 valence electrons. The van der Waals surface area contributed by atoms with E-state index in [1.165, 1.54) is 6.07 Å². The normalized spacial score (nSPS) is 15.3. The second-order valence-electron chi connectivity index (χ2n) is 5.53. The number of carbonyl (C=O) groups excluding carboxylic acids is 1. The smallest absolute Gasteiger partial charge is 0.294 e. The molecular weight excluding hydrogens is 272 g/mol. The highest BCUT2D eigenvalue weighted by Crippen LogP contribution is 2.34. The zero-order valence-electron chi connectivity index (χ0n) is 12.5. The van der Waals surface area contributed by atoms with Crippen LogP contribution in [-0.4, -0.2) is 42.4 Å². The van der Waals surface area contributed by atoms with E-state index in [4.69, 9.17) is 0 Å². The second kappa shape index (κ2) is 6.09. The van der Waals surface area contributed by atoms with Crippen LogP contribution in [0, 0.1) is 10.1 Å². The highest BCUT2D eigenvalue weighted by Gasteiger charge is 2.22. The Labute approximate surface area is 123 Å². The number of carbonyl (C=O) groups is 1. The van der Waals surface area contributed by atoms with Gasteiger partial charge in [0.2, 0.25) is 5.91 Å². The van der Waals surface area contributed by atoms with E-state index < -0.39 is 4.92 Å². The van der Waals surface area contributed by atoms with Crippen LogP contribution in [0.1, 0.15) is 18.9 Å². The first kappa shape index (κ1) is 15.2. The molecule has 7 heteroatoms. The summed E-state index contributed by atoms with van der Waals surface area (Å²) in [6.45, 7) is 2.65.